The van der Waals surface area contributed by atoms with Crippen LogP contribution in [0.4, 0.5) is 5.69 Å². The first-order chi connectivity index (χ1) is 9.15. The summed E-state index contributed by atoms with van der Waals surface area (Å²) < 4.78 is 1.81. The maximum atomic E-state index is 11.8. The molecule has 0 atom stereocenters. The molecule has 0 saturated carbocycles. The molecule has 0 fully saturated rings. The van der Waals surface area contributed by atoms with Crippen molar-refractivity contribution in [3.8, 4) is 0 Å². The molecule has 100 valence electrons. The Balaban J connectivity index is 1.77. The molecule has 1 aromatic heterocycles. The van der Waals surface area contributed by atoms with Gasteiger partial charge in [0, 0.05) is 37.6 Å². The summed E-state index contributed by atoms with van der Waals surface area (Å²) in [6.07, 6.45) is 2.89. The van der Waals surface area contributed by atoms with Gasteiger partial charge in [0.2, 0.25) is 5.91 Å². The van der Waals surface area contributed by atoms with E-state index in [4.69, 9.17) is 5.73 Å². The number of carbonyl (C=O) groups excluding carboxylic acids is 1. The van der Waals surface area contributed by atoms with Gasteiger partial charge in [-0.25, -0.2) is 0 Å². The number of nitrogens with two attached hydrogens (primary N) is 1. The van der Waals surface area contributed by atoms with Crippen molar-refractivity contribution >= 4 is 11.6 Å². The molecule has 0 aliphatic heterocycles. The van der Waals surface area contributed by atoms with Crippen LogP contribution in [0.15, 0.2) is 36.5 Å². The quantitative estimate of drug-likeness (QED) is 0.783. The van der Waals surface area contributed by atoms with Crippen molar-refractivity contribution in [1.29, 1.82) is 0 Å². The average molecular weight is 258 g/mol. The third-order valence-corrected chi connectivity index (χ3v) is 2.94. The summed E-state index contributed by atoms with van der Waals surface area (Å²) in [5.74, 6) is 0.00719. The van der Waals surface area contributed by atoms with E-state index in [1.807, 2.05) is 42.1 Å². The van der Waals surface area contributed by atoms with Gasteiger partial charge in [0.25, 0.3) is 0 Å². The monoisotopic (exact) mass is 258 g/mol. The molecule has 0 saturated heterocycles. The van der Waals surface area contributed by atoms with Crippen molar-refractivity contribution < 1.29 is 4.79 Å². The van der Waals surface area contributed by atoms with Gasteiger partial charge < -0.3 is 11.1 Å². The number of anilines is 1. The smallest absolute Gasteiger partial charge is 0.224 e. The lowest BCUT2D eigenvalue weighted by atomic mass is 10.1. The summed E-state index contributed by atoms with van der Waals surface area (Å²) in [5.41, 5.74) is 8.38. The molecule has 3 N–H and O–H groups in total. The fourth-order valence-electron chi connectivity index (χ4n) is 1.93. The Morgan fingerprint density at radius 2 is 2.26 bits per heavy atom. The van der Waals surface area contributed by atoms with Crippen molar-refractivity contribution in [2.75, 3.05) is 12.3 Å². The first kappa shape index (κ1) is 13.1. The fraction of sp³-hybridized carbons (Fsp3) is 0.286. The van der Waals surface area contributed by atoms with Gasteiger partial charge in [-0.3, -0.25) is 9.48 Å². The predicted octanol–water partition coefficient (Wildman–Crippen LogP) is 0.904. The topological polar surface area (TPSA) is 72.9 Å². The predicted molar refractivity (Wildman–Crippen MR) is 74.5 cm³/mol. The van der Waals surface area contributed by atoms with E-state index in [9.17, 15) is 4.79 Å². The first-order valence-electron chi connectivity index (χ1n) is 6.23. The number of benzene rings is 1. The maximum absolute atomic E-state index is 11.8. The number of nitrogens with zero attached hydrogens (tertiary/aromatic N) is 2. The number of nitrogens with one attached hydrogen (secondary N) is 1. The molecule has 19 heavy (non-hydrogen) atoms. The number of amides is 1. The van der Waals surface area contributed by atoms with Crippen LogP contribution in [0.25, 0.3) is 0 Å². The van der Waals surface area contributed by atoms with E-state index >= 15 is 0 Å². The van der Waals surface area contributed by atoms with Gasteiger partial charge in [-0.15, -0.1) is 0 Å². The number of aromatic nitrogens is 2. The summed E-state index contributed by atoms with van der Waals surface area (Å²) in [7, 11) is 1.89. The van der Waals surface area contributed by atoms with Crippen LogP contribution >= 0.6 is 0 Å². The summed E-state index contributed by atoms with van der Waals surface area (Å²) in [5, 5.41) is 6.98. The Morgan fingerprint density at radius 3 is 2.95 bits per heavy atom. The van der Waals surface area contributed by atoms with E-state index in [0.29, 0.717) is 18.7 Å². The molecule has 2 aromatic rings. The van der Waals surface area contributed by atoms with Crippen molar-refractivity contribution in [2.24, 2.45) is 7.05 Å². The van der Waals surface area contributed by atoms with Gasteiger partial charge in [0.15, 0.2) is 0 Å². The second-order valence-electron chi connectivity index (χ2n) is 4.47. The van der Waals surface area contributed by atoms with Crippen LogP contribution in [0.3, 0.4) is 0 Å². The molecule has 5 heteroatoms. The Bertz CT molecular complexity index is 562. The summed E-state index contributed by atoms with van der Waals surface area (Å²) in [6, 6.07) is 9.33. The van der Waals surface area contributed by atoms with E-state index in [2.05, 4.69) is 10.4 Å². The Hall–Kier alpha value is -2.30. The van der Waals surface area contributed by atoms with Gasteiger partial charge in [-0.1, -0.05) is 12.1 Å². The van der Waals surface area contributed by atoms with Crippen molar-refractivity contribution in [2.45, 2.75) is 12.8 Å². The van der Waals surface area contributed by atoms with Crippen molar-refractivity contribution in [3.63, 3.8) is 0 Å². The van der Waals surface area contributed by atoms with E-state index < -0.39 is 0 Å². The molecule has 1 aromatic carbocycles. The highest BCUT2D eigenvalue weighted by Crippen LogP contribution is 2.07. The van der Waals surface area contributed by atoms with E-state index in [0.717, 1.165) is 17.7 Å². The molecule has 2 rings (SSSR count). The fourth-order valence-corrected chi connectivity index (χ4v) is 1.93. The highest BCUT2D eigenvalue weighted by atomic mass is 16.1. The molecule has 0 aliphatic carbocycles. The minimum atomic E-state index is 0.00719. The number of rotatable bonds is 5. The maximum Gasteiger partial charge on any atom is 0.224 e. The largest absolute Gasteiger partial charge is 0.399 e. The number of aryl methyl sites for hydroxylation is 1. The molecule has 0 radical (unpaired) electrons. The van der Waals surface area contributed by atoms with Crippen LogP contribution in [0, 0.1) is 0 Å². The summed E-state index contributed by atoms with van der Waals surface area (Å²) in [6.45, 7) is 0.612. The normalized spacial score (nSPS) is 10.4. The minimum absolute atomic E-state index is 0.00719. The Morgan fingerprint density at radius 1 is 1.42 bits per heavy atom. The number of hydrogen-bond acceptors (Lipinski definition) is 3. The van der Waals surface area contributed by atoms with E-state index in [1.165, 1.54) is 0 Å². The van der Waals surface area contributed by atoms with Gasteiger partial charge in [-0.2, -0.15) is 5.10 Å². The lowest BCUT2D eigenvalue weighted by Gasteiger charge is -2.06. The van der Waals surface area contributed by atoms with Gasteiger partial charge in [0.05, 0.1) is 6.42 Å². The molecule has 1 amide bonds. The number of hydrogen-bond donors (Lipinski definition) is 2. The van der Waals surface area contributed by atoms with Crippen molar-refractivity contribution in [1.82, 2.24) is 15.1 Å². The zero-order valence-corrected chi connectivity index (χ0v) is 11.0. The molecule has 1 heterocycles. The van der Waals surface area contributed by atoms with Gasteiger partial charge in [0.1, 0.15) is 0 Å². The molecular weight excluding hydrogens is 240 g/mol. The van der Waals surface area contributed by atoms with E-state index in [-0.39, 0.29) is 5.91 Å². The first-order valence-corrected chi connectivity index (χ1v) is 6.23. The second kappa shape index (κ2) is 6.04. The third kappa shape index (κ3) is 3.84. The van der Waals surface area contributed by atoms with Gasteiger partial charge in [-0.05, 0) is 23.8 Å². The zero-order chi connectivity index (χ0) is 13.7. The van der Waals surface area contributed by atoms with Crippen LogP contribution in [0.5, 0.6) is 0 Å². The molecule has 0 spiro atoms. The number of carbonyl (C=O) groups is 1. The second-order valence-corrected chi connectivity index (χ2v) is 4.47. The summed E-state index contributed by atoms with van der Waals surface area (Å²) >= 11 is 0. The Labute approximate surface area is 112 Å². The van der Waals surface area contributed by atoms with Crippen molar-refractivity contribution in [3.05, 3.63) is 47.8 Å². The molecule has 0 bridgehead atoms. The standard InChI is InChI=1S/C14H18N4O/c1-18-13(6-8-17-18)5-7-16-14(19)10-11-3-2-4-12(15)9-11/h2-4,6,8-9H,5,7,10,15H2,1H3,(H,16,19). The minimum Gasteiger partial charge on any atom is -0.399 e. The molecule has 0 unspecified atom stereocenters. The van der Waals surface area contributed by atoms with Crippen LogP contribution in [-0.2, 0) is 24.7 Å². The van der Waals surface area contributed by atoms with Crippen LogP contribution in [0.2, 0.25) is 0 Å². The van der Waals surface area contributed by atoms with Crippen LogP contribution in [0.1, 0.15) is 11.3 Å². The SMILES string of the molecule is Cn1nccc1CCNC(=O)Cc1cccc(N)c1. The lowest BCUT2D eigenvalue weighted by Crippen LogP contribution is -2.27. The molecular formula is C14H18N4O. The van der Waals surface area contributed by atoms with Gasteiger partial charge >= 0.3 is 0 Å². The number of nitrogen functional groups attached to an aromatic ring is 1. The highest BCUT2D eigenvalue weighted by Gasteiger charge is 2.04. The summed E-state index contributed by atoms with van der Waals surface area (Å²) in [4.78, 5) is 11.8. The molecule has 0 aliphatic rings. The Kier molecular flexibility index (Phi) is 4.18. The van der Waals surface area contributed by atoms with Crippen LogP contribution < -0.4 is 11.1 Å². The molecule has 5 nitrogen and oxygen atoms in total. The van der Waals surface area contributed by atoms with E-state index in [1.54, 1.807) is 6.20 Å². The average Bonchev–Trinajstić information content (AvgIpc) is 2.75. The van der Waals surface area contributed by atoms with Crippen LogP contribution in [-0.4, -0.2) is 22.2 Å². The lowest BCUT2D eigenvalue weighted by molar-refractivity contribution is -0.120. The zero-order valence-electron chi connectivity index (χ0n) is 11.0. The third-order valence-electron chi connectivity index (χ3n) is 2.94. The highest BCUT2D eigenvalue weighted by molar-refractivity contribution is 5.78.